The highest BCUT2D eigenvalue weighted by molar-refractivity contribution is 7.12. The highest BCUT2D eigenvalue weighted by atomic mass is 32.1. The second kappa shape index (κ2) is 7.93. The first-order chi connectivity index (χ1) is 9.69. The fourth-order valence-electron chi connectivity index (χ4n) is 2.07. The molecule has 0 amide bonds. The predicted octanol–water partition coefficient (Wildman–Crippen LogP) is 4.33. The Morgan fingerprint density at radius 3 is 2.50 bits per heavy atom. The number of rotatable bonds is 8. The summed E-state index contributed by atoms with van der Waals surface area (Å²) >= 11 is 3.78. The lowest BCUT2D eigenvalue weighted by atomic mass is 10.3. The van der Waals surface area contributed by atoms with Crippen molar-refractivity contribution < 1.29 is 0 Å². The van der Waals surface area contributed by atoms with E-state index in [0.29, 0.717) is 6.04 Å². The second-order valence-corrected chi connectivity index (χ2v) is 7.51. The van der Waals surface area contributed by atoms with Crippen molar-refractivity contribution in [2.75, 3.05) is 6.54 Å². The summed E-state index contributed by atoms with van der Waals surface area (Å²) in [6, 6.07) is 9.47. The summed E-state index contributed by atoms with van der Waals surface area (Å²) in [4.78, 5) is 6.88. The van der Waals surface area contributed by atoms with Gasteiger partial charge in [0.1, 0.15) is 0 Å². The number of hydrogen-bond acceptors (Lipinski definition) is 4. The monoisotopic (exact) mass is 308 g/mol. The van der Waals surface area contributed by atoms with Crippen LogP contribution in [0.25, 0.3) is 0 Å². The molecule has 2 nitrogen and oxygen atoms in total. The fraction of sp³-hybridized carbons (Fsp3) is 0.500. The third-order valence-corrected chi connectivity index (χ3v) is 5.23. The Bertz CT molecular complexity index is 488. The zero-order valence-corrected chi connectivity index (χ0v) is 14.2. The van der Waals surface area contributed by atoms with E-state index in [4.69, 9.17) is 0 Å². The molecule has 110 valence electrons. The molecule has 0 spiro atoms. The molecule has 20 heavy (non-hydrogen) atoms. The summed E-state index contributed by atoms with van der Waals surface area (Å²) in [7, 11) is 0. The lowest BCUT2D eigenvalue weighted by Gasteiger charge is -2.25. The predicted molar refractivity (Wildman–Crippen MR) is 90.4 cm³/mol. The summed E-state index contributed by atoms with van der Waals surface area (Å²) < 4.78 is 0. The third kappa shape index (κ3) is 4.70. The van der Waals surface area contributed by atoms with Crippen molar-refractivity contribution in [1.29, 1.82) is 0 Å². The number of nitrogens with zero attached hydrogens (tertiary/aromatic N) is 1. The van der Waals surface area contributed by atoms with Gasteiger partial charge in [-0.1, -0.05) is 13.0 Å². The molecule has 0 aliphatic carbocycles. The van der Waals surface area contributed by atoms with Crippen LogP contribution in [0.5, 0.6) is 0 Å². The smallest absolute Gasteiger partial charge is 0.0334 e. The molecule has 1 N–H and O–H groups in total. The van der Waals surface area contributed by atoms with Gasteiger partial charge in [0.25, 0.3) is 0 Å². The van der Waals surface area contributed by atoms with Gasteiger partial charge in [0, 0.05) is 40.3 Å². The molecule has 0 aliphatic rings. The Hall–Kier alpha value is -0.680. The zero-order valence-electron chi connectivity index (χ0n) is 12.6. The largest absolute Gasteiger partial charge is 0.312 e. The zero-order chi connectivity index (χ0) is 14.4. The number of nitrogens with one attached hydrogen (secondary N) is 1. The third-order valence-electron chi connectivity index (χ3n) is 3.29. The molecule has 0 atom stereocenters. The minimum atomic E-state index is 0.566. The Kier molecular flexibility index (Phi) is 6.23. The van der Waals surface area contributed by atoms with Crippen LogP contribution >= 0.6 is 22.7 Å². The van der Waals surface area contributed by atoms with Crippen molar-refractivity contribution in [2.24, 2.45) is 0 Å². The van der Waals surface area contributed by atoms with Gasteiger partial charge in [-0.15, -0.1) is 22.7 Å². The molecule has 2 rings (SSSR count). The van der Waals surface area contributed by atoms with Gasteiger partial charge in [0.15, 0.2) is 0 Å². The summed E-state index contributed by atoms with van der Waals surface area (Å²) in [5.41, 5.74) is 0. The van der Waals surface area contributed by atoms with Crippen LogP contribution in [0.1, 0.15) is 35.4 Å². The number of hydrogen-bond donors (Lipinski definition) is 1. The molecule has 0 aromatic carbocycles. The quantitative estimate of drug-likeness (QED) is 0.781. The first-order valence-electron chi connectivity index (χ1n) is 7.23. The molecule has 4 heteroatoms. The molecule has 0 aliphatic heterocycles. The van der Waals surface area contributed by atoms with E-state index in [-0.39, 0.29) is 0 Å². The van der Waals surface area contributed by atoms with E-state index in [0.717, 1.165) is 26.2 Å². The molecular weight excluding hydrogens is 284 g/mol. The van der Waals surface area contributed by atoms with Gasteiger partial charge < -0.3 is 5.32 Å². The summed E-state index contributed by atoms with van der Waals surface area (Å²) in [5.74, 6) is 0. The molecular formula is C16H24N2S2. The van der Waals surface area contributed by atoms with Crippen LogP contribution in [0.15, 0.2) is 29.6 Å². The lowest BCUT2D eigenvalue weighted by molar-refractivity contribution is 0.207. The van der Waals surface area contributed by atoms with Crippen LogP contribution in [0, 0.1) is 0 Å². The first kappa shape index (κ1) is 15.7. The Balaban J connectivity index is 1.95. The highest BCUT2D eigenvalue weighted by Crippen LogP contribution is 2.21. The maximum Gasteiger partial charge on any atom is 0.0334 e. The molecule has 2 aromatic heterocycles. The standard InChI is InChI=1S/C16H24N2S2/c1-4-17-10-14-7-8-16(20-14)12-18(13(2)3)11-15-6-5-9-19-15/h5-9,13,17H,4,10-12H2,1-3H3. The van der Waals surface area contributed by atoms with Gasteiger partial charge in [-0.05, 0) is 44.0 Å². The average Bonchev–Trinajstić information content (AvgIpc) is 3.07. The van der Waals surface area contributed by atoms with Gasteiger partial charge in [0.2, 0.25) is 0 Å². The summed E-state index contributed by atoms with van der Waals surface area (Å²) in [6.45, 7) is 10.8. The lowest BCUT2D eigenvalue weighted by Crippen LogP contribution is -2.29. The van der Waals surface area contributed by atoms with Crippen LogP contribution in [0.2, 0.25) is 0 Å². The molecule has 0 bridgehead atoms. The van der Waals surface area contributed by atoms with Gasteiger partial charge in [-0.2, -0.15) is 0 Å². The first-order valence-corrected chi connectivity index (χ1v) is 8.93. The van der Waals surface area contributed by atoms with E-state index in [1.54, 1.807) is 0 Å². The van der Waals surface area contributed by atoms with Crippen LogP contribution in [-0.2, 0) is 19.6 Å². The van der Waals surface area contributed by atoms with Gasteiger partial charge in [0.05, 0.1) is 0 Å². The van der Waals surface area contributed by atoms with E-state index < -0.39 is 0 Å². The number of thiophene rings is 2. The second-order valence-electron chi connectivity index (χ2n) is 5.23. The molecule has 0 fully saturated rings. The van der Waals surface area contributed by atoms with Gasteiger partial charge in [-0.25, -0.2) is 0 Å². The van der Waals surface area contributed by atoms with Crippen LogP contribution in [-0.4, -0.2) is 17.5 Å². The minimum Gasteiger partial charge on any atom is -0.312 e. The topological polar surface area (TPSA) is 15.3 Å². The average molecular weight is 309 g/mol. The van der Waals surface area contributed by atoms with Crippen molar-refractivity contribution in [3.8, 4) is 0 Å². The van der Waals surface area contributed by atoms with E-state index >= 15 is 0 Å². The maximum atomic E-state index is 3.39. The van der Waals surface area contributed by atoms with Crippen LogP contribution < -0.4 is 5.32 Å². The van der Waals surface area contributed by atoms with Crippen LogP contribution in [0.4, 0.5) is 0 Å². The fourth-order valence-corrected chi connectivity index (χ4v) is 3.82. The van der Waals surface area contributed by atoms with Crippen molar-refractivity contribution in [3.63, 3.8) is 0 Å². The highest BCUT2D eigenvalue weighted by Gasteiger charge is 2.12. The van der Waals surface area contributed by atoms with E-state index in [1.165, 1.54) is 14.6 Å². The van der Waals surface area contributed by atoms with Gasteiger partial charge >= 0.3 is 0 Å². The normalized spacial score (nSPS) is 11.7. The van der Waals surface area contributed by atoms with Gasteiger partial charge in [-0.3, -0.25) is 4.90 Å². The van der Waals surface area contributed by atoms with Crippen molar-refractivity contribution in [3.05, 3.63) is 44.3 Å². The molecule has 0 saturated heterocycles. The van der Waals surface area contributed by atoms with E-state index in [1.807, 2.05) is 22.7 Å². The Morgan fingerprint density at radius 2 is 1.85 bits per heavy atom. The SMILES string of the molecule is CCNCc1ccc(CN(Cc2cccs2)C(C)C)s1. The summed E-state index contributed by atoms with van der Waals surface area (Å²) in [6.07, 6.45) is 0. The Morgan fingerprint density at radius 1 is 1.10 bits per heavy atom. The minimum absolute atomic E-state index is 0.566. The van der Waals surface area contributed by atoms with Crippen molar-refractivity contribution >= 4 is 22.7 Å². The molecule has 0 unspecified atom stereocenters. The summed E-state index contributed by atoms with van der Waals surface area (Å²) in [5, 5.41) is 5.55. The van der Waals surface area contributed by atoms with Crippen molar-refractivity contribution in [2.45, 2.75) is 46.4 Å². The molecule has 0 radical (unpaired) electrons. The molecule has 2 heterocycles. The Labute approximate surface area is 130 Å². The van der Waals surface area contributed by atoms with Crippen LogP contribution in [0.3, 0.4) is 0 Å². The molecule has 2 aromatic rings. The van der Waals surface area contributed by atoms with Crippen molar-refractivity contribution in [1.82, 2.24) is 10.2 Å². The maximum absolute atomic E-state index is 3.39. The van der Waals surface area contributed by atoms with E-state index in [2.05, 4.69) is 60.6 Å². The molecule has 0 saturated carbocycles. The van der Waals surface area contributed by atoms with E-state index in [9.17, 15) is 0 Å².